The van der Waals surface area contributed by atoms with E-state index in [9.17, 15) is 9.18 Å². The number of hydrogen-bond acceptors (Lipinski definition) is 8. The Morgan fingerprint density at radius 3 is 2.89 bits per heavy atom. The highest BCUT2D eigenvalue weighted by Gasteiger charge is 2.49. The molecule has 9 nitrogen and oxygen atoms in total. The minimum Gasteiger partial charge on any atom is -0.461 e. The molecule has 0 radical (unpaired) electrons. The number of rotatable bonds is 3. The second-order valence-electron chi connectivity index (χ2n) is 13.4. The van der Waals surface area contributed by atoms with Crippen LogP contribution in [0.2, 0.25) is 0 Å². The lowest BCUT2D eigenvalue weighted by Crippen LogP contribution is -2.57. The van der Waals surface area contributed by atoms with Crippen LogP contribution in [-0.4, -0.2) is 82.6 Å². The van der Waals surface area contributed by atoms with Crippen molar-refractivity contribution < 1.29 is 27.4 Å². The van der Waals surface area contributed by atoms with Crippen molar-refractivity contribution in [3.63, 3.8) is 0 Å². The van der Waals surface area contributed by atoms with Gasteiger partial charge in [-0.05, 0) is 61.6 Å². The average Bonchev–Trinajstić information content (AvgIpc) is 3.56. The number of alkyl carbamates (subject to hydrolysis) is 1. The van der Waals surface area contributed by atoms with E-state index in [1.807, 2.05) is 17.9 Å². The molecule has 3 saturated heterocycles. The van der Waals surface area contributed by atoms with Crippen molar-refractivity contribution in [3.05, 3.63) is 53.7 Å². The van der Waals surface area contributed by atoms with Gasteiger partial charge in [0.05, 0.1) is 23.1 Å². The van der Waals surface area contributed by atoms with Crippen LogP contribution in [-0.2, 0) is 11.2 Å². The quantitative estimate of drug-likeness (QED) is 0.307. The molecule has 2 aromatic heterocycles. The number of pyridine rings is 1. The number of halogens is 3. The lowest BCUT2D eigenvalue weighted by Gasteiger charge is -2.41. The Labute approximate surface area is 264 Å². The maximum atomic E-state index is 16.9. The van der Waals surface area contributed by atoms with Gasteiger partial charge in [0.25, 0.3) is 0 Å². The van der Waals surface area contributed by atoms with Crippen molar-refractivity contribution in [1.29, 1.82) is 0 Å². The lowest BCUT2D eigenvalue weighted by atomic mass is 9.91. The zero-order valence-corrected chi connectivity index (χ0v) is 25.6. The number of ether oxygens (including phenoxy) is 2. The molecule has 5 aliphatic heterocycles. The fourth-order valence-corrected chi connectivity index (χ4v) is 8.08. The third-order valence-electron chi connectivity index (χ3n) is 10.2. The van der Waals surface area contributed by atoms with Gasteiger partial charge < -0.3 is 19.7 Å². The molecule has 2 aromatic carbocycles. The van der Waals surface area contributed by atoms with Gasteiger partial charge in [0.15, 0.2) is 5.82 Å². The predicted molar refractivity (Wildman–Crippen MR) is 167 cm³/mol. The standard InChI is InChI=1S/C34H35F3N6O3/c1-33-10-3-12-42(18-33)30-24-16-38-28(23-6-2-5-20-7-8-25(36)22(26(20)23)9-14-45-32(44)41-33)27(37)29(24)39-31(40-30)46-19-34-11-4-13-43(34)17-21(35)15-34/h2,5-8,16,21H,3-4,9-15,17-19H2,1H3,(H,41,44)/t21-,33+,34+/m1/s1. The van der Waals surface area contributed by atoms with Crippen LogP contribution in [0, 0.1) is 11.6 Å². The first kappa shape index (κ1) is 29.2. The van der Waals surface area contributed by atoms with Gasteiger partial charge in [0, 0.05) is 44.2 Å². The molecule has 12 heteroatoms. The van der Waals surface area contributed by atoms with Crippen LogP contribution in [0.4, 0.5) is 23.8 Å². The molecule has 3 atom stereocenters. The number of benzene rings is 2. The molecule has 240 valence electrons. The third kappa shape index (κ3) is 4.88. The number of nitrogens with one attached hydrogen (secondary N) is 1. The second-order valence-corrected chi connectivity index (χ2v) is 13.4. The van der Waals surface area contributed by atoms with E-state index in [-0.39, 0.29) is 36.9 Å². The largest absolute Gasteiger partial charge is 0.461 e. The topological polar surface area (TPSA) is 92.7 Å². The molecule has 46 heavy (non-hydrogen) atoms. The van der Waals surface area contributed by atoms with Gasteiger partial charge in [0.2, 0.25) is 0 Å². The first-order valence-electron chi connectivity index (χ1n) is 16.0. The van der Waals surface area contributed by atoms with Gasteiger partial charge in [-0.15, -0.1) is 0 Å². The van der Waals surface area contributed by atoms with Crippen LogP contribution < -0.4 is 15.0 Å². The summed E-state index contributed by atoms with van der Waals surface area (Å²) in [6.45, 7) is 4.23. The molecule has 6 bridgehead atoms. The summed E-state index contributed by atoms with van der Waals surface area (Å²) in [6.07, 6.45) is 3.70. The first-order valence-corrected chi connectivity index (χ1v) is 16.0. The van der Waals surface area contributed by atoms with Crippen LogP contribution >= 0.6 is 0 Å². The molecule has 0 aliphatic carbocycles. The molecule has 9 rings (SSSR count). The lowest BCUT2D eigenvalue weighted by molar-refractivity contribution is 0.107. The summed E-state index contributed by atoms with van der Waals surface area (Å²) < 4.78 is 58.5. The number of hydrogen-bond donors (Lipinski definition) is 1. The van der Waals surface area contributed by atoms with Gasteiger partial charge in [-0.3, -0.25) is 9.88 Å². The molecule has 5 aliphatic rings. The highest BCUT2D eigenvalue weighted by Crippen LogP contribution is 2.41. The molecule has 7 heterocycles. The highest BCUT2D eigenvalue weighted by molar-refractivity contribution is 6.01. The van der Waals surface area contributed by atoms with Crippen molar-refractivity contribution in [3.8, 4) is 17.3 Å². The number of amides is 1. The van der Waals surface area contributed by atoms with E-state index in [1.54, 1.807) is 24.4 Å². The van der Waals surface area contributed by atoms with Crippen LogP contribution in [0.3, 0.4) is 0 Å². The molecule has 0 spiro atoms. The normalized spacial score (nSPS) is 26.5. The number of carbonyl (C=O) groups is 1. The van der Waals surface area contributed by atoms with E-state index in [1.165, 1.54) is 6.07 Å². The summed E-state index contributed by atoms with van der Waals surface area (Å²) in [5.74, 6) is -0.717. The van der Waals surface area contributed by atoms with Gasteiger partial charge in [-0.25, -0.2) is 18.0 Å². The Morgan fingerprint density at radius 1 is 1.13 bits per heavy atom. The monoisotopic (exact) mass is 632 g/mol. The second kappa shape index (κ2) is 11.0. The number of piperidine rings is 1. The summed E-state index contributed by atoms with van der Waals surface area (Å²) in [5, 5.41) is 4.59. The fourth-order valence-electron chi connectivity index (χ4n) is 8.08. The summed E-state index contributed by atoms with van der Waals surface area (Å²) in [6, 6.07) is 8.30. The van der Waals surface area contributed by atoms with E-state index in [0.717, 1.165) is 25.8 Å². The summed E-state index contributed by atoms with van der Waals surface area (Å²) >= 11 is 0. The van der Waals surface area contributed by atoms with Crippen LogP contribution in [0.15, 0.2) is 36.5 Å². The zero-order chi connectivity index (χ0) is 31.6. The predicted octanol–water partition coefficient (Wildman–Crippen LogP) is 5.72. The zero-order valence-electron chi connectivity index (χ0n) is 25.6. The Morgan fingerprint density at radius 2 is 2.00 bits per heavy atom. The van der Waals surface area contributed by atoms with Crippen molar-refractivity contribution in [2.45, 2.75) is 62.7 Å². The molecular formula is C34H35F3N6O3. The Balaban J connectivity index is 1.31. The van der Waals surface area contributed by atoms with Crippen LogP contribution in [0.5, 0.6) is 6.01 Å². The van der Waals surface area contributed by atoms with Crippen molar-refractivity contribution in [1.82, 2.24) is 25.2 Å². The van der Waals surface area contributed by atoms with E-state index in [2.05, 4.69) is 20.2 Å². The molecule has 4 aromatic rings. The van der Waals surface area contributed by atoms with Crippen molar-refractivity contribution >= 4 is 33.6 Å². The highest BCUT2D eigenvalue weighted by atomic mass is 19.1. The molecule has 3 fully saturated rings. The van der Waals surface area contributed by atoms with Gasteiger partial charge in [0.1, 0.15) is 35.6 Å². The van der Waals surface area contributed by atoms with Crippen LogP contribution in [0.25, 0.3) is 32.9 Å². The van der Waals surface area contributed by atoms with E-state index < -0.39 is 35.0 Å². The minimum absolute atomic E-state index is 0.00695. The average molecular weight is 633 g/mol. The number of fused-ring (bicyclic) bond motifs is 6. The Kier molecular flexibility index (Phi) is 6.97. The maximum absolute atomic E-state index is 16.9. The van der Waals surface area contributed by atoms with E-state index in [4.69, 9.17) is 14.5 Å². The van der Waals surface area contributed by atoms with Gasteiger partial charge in [-0.2, -0.15) is 9.97 Å². The van der Waals surface area contributed by atoms with E-state index in [0.29, 0.717) is 65.6 Å². The van der Waals surface area contributed by atoms with Crippen LogP contribution in [0.1, 0.15) is 44.6 Å². The molecule has 1 N–H and O–H groups in total. The maximum Gasteiger partial charge on any atom is 0.407 e. The SMILES string of the molecule is C[C@]12CCCN(C1)c1nc(OC[C@@]34CCCN3C[C@H](F)C4)nc3c(F)c(ncc13)-c1cccc3ccc(F)c(c13)CCOC(=O)N2. The van der Waals surface area contributed by atoms with Gasteiger partial charge in [-0.1, -0.05) is 24.3 Å². The smallest absolute Gasteiger partial charge is 0.407 e. The van der Waals surface area contributed by atoms with Gasteiger partial charge >= 0.3 is 12.1 Å². The fraction of sp³-hybridized carbons (Fsp3) is 0.471. The molecule has 1 amide bonds. The molecular weight excluding hydrogens is 597 g/mol. The summed E-state index contributed by atoms with van der Waals surface area (Å²) in [5.41, 5.74) is -0.368. The van der Waals surface area contributed by atoms with Crippen molar-refractivity contribution in [2.75, 3.05) is 44.3 Å². The Bertz CT molecular complexity index is 1880. The van der Waals surface area contributed by atoms with Crippen molar-refractivity contribution in [2.24, 2.45) is 0 Å². The minimum atomic E-state index is -0.921. The number of anilines is 1. The third-order valence-corrected chi connectivity index (χ3v) is 10.2. The first-order chi connectivity index (χ1) is 22.2. The molecule has 0 saturated carbocycles. The summed E-state index contributed by atoms with van der Waals surface area (Å²) in [7, 11) is 0. The summed E-state index contributed by atoms with van der Waals surface area (Å²) in [4.78, 5) is 31.1. The Hall–Kier alpha value is -4.19. The number of aromatic nitrogens is 3. The number of carbonyl (C=O) groups excluding carboxylic acids is 1. The number of alkyl halides is 1. The van der Waals surface area contributed by atoms with E-state index >= 15 is 8.78 Å². The number of nitrogens with zero attached hydrogens (tertiary/aromatic N) is 5. The molecule has 0 unspecified atom stereocenters.